The zero-order valence-corrected chi connectivity index (χ0v) is 20.4. The Balaban J connectivity index is 2.12. The second-order valence-corrected chi connectivity index (χ2v) is 8.39. The highest BCUT2D eigenvalue weighted by molar-refractivity contribution is 5.62. The minimum Gasteiger partial charge on any atom is -0.498 e. The van der Waals surface area contributed by atoms with Gasteiger partial charge in [0, 0.05) is 13.0 Å². The molecule has 0 amide bonds. The largest absolute Gasteiger partial charge is 0.498 e. The average molecular weight is 457 g/mol. The molecular formula is C30H32O4. The van der Waals surface area contributed by atoms with Crippen LogP contribution >= 0.6 is 0 Å². The quantitative estimate of drug-likeness (QED) is 0.381. The Morgan fingerprint density at radius 1 is 0.618 bits per heavy atom. The van der Waals surface area contributed by atoms with Crippen LogP contribution in [0.3, 0.4) is 0 Å². The lowest BCUT2D eigenvalue weighted by Gasteiger charge is -2.44. The minimum atomic E-state index is -0.589. The SMILES string of the molecule is COC1=CC=C(C(c2ccccc2)(c2ccccc2)c2ccc(OC)c(OC)c2)C(C)C1OC. The maximum atomic E-state index is 5.94. The number of methoxy groups -OCH3 is 4. The molecule has 0 aromatic heterocycles. The Labute approximate surface area is 202 Å². The van der Waals surface area contributed by atoms with Gasteiger partial charge in [-0.1, -0.05) is 79.7 Å². The molecule has 0 spiro atoms. The van der Waals surface area contributed by atoms with E-state index in [1.54, 1.807) is 28.4 Å². The third kappa shape index (κ3) is 3.88. The van der Waals surface area contributed by atoms with E-state index in [0.717, 1.165) is 22.4 Å². The van der Waals surface area contributed by atoms with Gasteiger partial charge < -0.3 is 18.9 Å². The summed E-state index contributed by atoms with van der Waals surface area (Å²) >= 11 is 0. The molecule has 34 heavy (non-hydrogen) atoms. The van der Waals surface area contributed by atoms with Crippen molar-refractivity contribution in [3.05, 3.63) is 119 Å². The zero-order valence-electron chi connectivity index (χ0n) is 20.4. The minimum absolute atomic E-state index is 0.0402. The van der Waals surface area contributed by atoms with Crippen molar-refractivity contribution >= 4 is 0 Å². The highest BCUT2D eigenvalue weighted by Gasteiger charge is 2.45. The Kier molecular flexibility index (Phi) is 7.09. The van der Waals surface area contributed by atoms with Crippen molar-refractivity contribution in [2.75, 3.05) is 28.4 Å². The first kappa shape index (κ1) is 23.7. The standard InChI is InChI=1S/C30H32O4/c1-21-25(17-19-27(32-3)29(21)34-5)30(22-12-8-6-9-13-22,23-14-10-7-11-15-23)24-16-18-26(31-2)28(20-24)33-4/h6-21,29H,1-5H3. The molecule has 0 saturated carbocycles. The molecule has 3 aromatic rings. The van der Waals surface area contributed by atoms with Crippen LogP contribution in [-0.2, 0) is 14.9 Å². The van der Waals surface area contributed by atoms with E-state index in [-0.39, 0.29) is 12.0 Å². The summed E-state index contributed by atoms with van der Waals surface area (Å²) in [6, 6.07) is 27.4. The van der Waals surface area contributed by atoms with Gasteiger partial charge in [-0.15, -0.1) is 0 Å². The Morgan fingerprint density at radius 3 is 1.71 bits per heavy atom. The van der Waals surface area contributed by atoms with Gasteiger partial charge in [0.2, 0.25) is 0 Å². The molecule has 1 aliphatic carbocycles. The monoisotopic (exact) mass is 456 g/mol. The maximum absolute atomic E-state index is 5.94. The molecular weight excluding hydrogens is 424 g/mol. The third-order valence-electron chi connectivity index (χ3n) is 6.81. The van der Waals surface area contributed by atoms with E-state index in [2.05, 4.69) is 73.7 Å². The summed E-state index contributed by atoms with van der Waals surface area (Å²) in [4.78, 5) is 0. The maximum Gasteiger partial charge on any atom is 0.161 e. The molecule has 2 unspecified atom stereocenters. The number of ether oxygens (including phenoxy) is 4. The topological polar surface area (TPSA) is 36.9 Å². The third-order valence-corrected chi connectivity index (χ3v) is 6.81. The molecule has 0 radical (unpaired) electrons. The van der Waals surface area contributed by atoms with E-state index in [4.69, 9.17) is 18.9 Å². The van der Waals surface area contributed by atoms with Gasteiger partial charge in [0.1, 0.15) is 11.9 Å². The van der Waals surface area contributed by atoms with E-state index in [1.807, 2.05) is 24.3 Å². The fourth-order valence-corrected chi connectivity index (χ4v) is 5.24. The van der Waals surface area contributed by atoms with Gasteiger partial charge in [-0.3, -0.25) is 0 Å². The van der Waals surface area contributed by atoms with Gasteiger partial charge in [0.25, 0.3) is 0 Å². The van der Waals surface area contributed by atoms with E-state index in [1.165, 1.54) is 5.57 Å². The Morgan fingerprint density at radius 2 is 1.21 bits per heavy atom. The van der Waals surface area contributed by atoms with Crippen LogP contribution in [0, 0.1) is 5.92 Å². The smallest absolute Gasteiger partial charge is 0.161 e. The lowest BCUT2D eigenvalue weighted by atomic mass is 9.60. The Hall–Kier alpha value is -3.50. The lowest BCUT2D eigenvalue weighted by molar-refractivity contribution is 0.0479. The number of rotatable bonds is 8. The van der Waals surface area contributed by atoms with Gasteiger partial charge in [-0.25, -0.2) is 0 Å². The van der Waals surface area contributed by atoms with Crippen LogP contribution in [0.4, 0.5) is 0 Å². The van der Waals surface area contributed by atoms with Gasteiger partial charge in [-0.2, -0.15) is 0 Å². The van der Waals surface area contributed by atoms with Crippen molar-refractivity contribution < 1.29 is 18.9 Å². The van der Waals surface area contributed by atoms with Crippen LogP contribution in [0.1, 0.15) is 23.6 Å². The molecule has 0 heterocycles. The molecule has 4 rings (SSSR count). The van der Waals surface area contributed by atoms with Crippen molar-refractivity contribution in [2.45, 2.75) is 18.4 Å². The van der Waals surface area contributed by atoms with E-state index < -0.39 is 5.41 Å². The highest BCUT2D eigenvalue weighted by Crippen LogP contribution is 2.51. The molecule has 2 atom stereocenters. The van der Waals surface area contributed by atoms with E-state index in [9.17, 15) is 0 Å². The molecule has 0 N–H and O–H groups in total. The molecule has 0 fully saturated rings. The fraction of sp³-hybridized carbons (Fsp3) is 0.267. The van der Waals surface area contributed by atoms with E-state index in [0.29, 0.717) is 11.5 Å². The summed E-state index contributed by atoms with van der Waals surface area (Å²) in [7, 11) is 6.76. The van der Waals surface area contributed by atoms with Crippen LogP contribution in [0.5, 0.6) is 11.5 Å². The van der Waals surface area contributed by atoms with Crippen molar-refractivity contribution in [3.8, 4) is 11.5 Å². The van der Waals surface area contributed by atoms with Gasteiger partial charge in [0.05, 0.1) is 26.7 Å². The lowest BCUT2D eigenvalue weighted by Crippen LogP contribution is -2.40. The molecule has 0 aliphatic heterocycles. The summed E-state index contributed by atoms with van der Waals surface area (Å²) in [5.41, 5.74) is 4.04. The molecule has 4 heteroatoms. The van der Waals surface area contributed by atoms with Crippen molar-refractivity contribution in [1.29, 1.82) is 0 Å². The zero-order chi connectivity index (χ0) is 24.1. The first-order valence-corrected chi connectivity index (χ1v) is 11.4. The fourth-order valence-electron chi connectivity index (χ4n) is 5.24. The predicted octanol–water partition coefficient (Wildman–Crippen LogP) is 6.16. The molecule has 1 aliphatic rings. The van der Waals surface area contributed by atoms with Crippen molar-refractivity contribution in [1.82, 2.24) is 0 Å². The Bertz CT molecular complexity index is 1130. The number of benzene rings is 3. The number of hydrogen-bond donors (Lipinski definition) is 0. The van der Waals surface area contributed by atoms with Crippen LogP contribution in [0.25, 0.3) is 0 Å². The molecule has 0 bridgehead atoms. The summed E-state index contributed by atoms with van der Waals surface area (Å²) < 4.78 is 22.9. The second kappa shape index (κ2) is 10.2. The summed E-state index contributed by atoms with van der Waals surface area (Å²) in [5.74, 6) is 2.25. The molecule has 4 nitrogen and oxygen atoms in total. The molecule has 3 aromatic carbocycles. The van der Waals surface area contributed by atoms with Crippen molar-refractivity contribution in [3.63, 3.8) is 0 Å². The normalized spacial score (nSPS) is 18.0. The highest BCUT2D eigenvalue weighted by atomic mass is 16.5. The number of allylic oxidation sites excluding steroid dienone is 2. The second-order valence-electron chi connectivity index (χ2n) is 8.39. The van der Waals surface area contributed by atoms with Crippen LogP contribution in [0.2, 0.25) is 0 Å². The average Bonchev–Trinajstić information content (AvgIpc) is 2.90. The molecule has 176 valence electrons. The molecule has 0 saturated heterocycles. The summed E-state index contributed by atoms with van der Waals surface area (Å²) in [6.07, 6.45) is 4.03. The number of hydrogen-bond acceptors (Lipinski definition) is 4. The van der Waals surface area contributed by atoms with Crippen molar-refractivity contribution in [2.24, 2.45) is 5.92 Å². The van der Waals surface area contributed by atoms with E-state index >= 15 is 0 Å². The van der Waals surface area contributed by atoms with Crippen LogP contribution in [-0.4, -0.2) is 34.5 Å². The summed E-state index contributed by atoms with van der Waals surface area (Å²) in [6.45, 7) is 2.20. The van der Waals surface area contributed by atoms with Gasteiger partial charge in [0.15, 0.2) is 11.5 Å². The predicted molar refractivity (Wildman–Crippen MR) is 135 cm³/mol. The van der Waals surface area contributed by atoms with Gasteiger partial charge in [-0.05, 0) is 40.5 Å². The van der Waals surface area contributed by atoms with Crippen LogP contribution < -0.4 is 9.47 Å². The summed E-state index contributed by atoms with van der Waals surface area (Å²) in [5, 5.41) is 0. The van der Waals surface area contributed by atoms with Crippen LogP contribution in [0.15, 0.2) is 102 Å². The first-order valence-electron chi connectivity index (χ1n) is 11.4. The first-order chi connectivity index (χ1) is 16.6. The van der Waals surface area contributed by atoms with Gasteiger partial charge >= 0.3 is 0 Å².